The van der Waals surface area contributed by atoms with E-state index in [0.29, 0.717) is 5.69 Å². The first-order valence-corrected chi connectivity index (χ1v) is 6.95. The molecular formula is C16H15ClF3N. The van der Waals surface area contributed by atoms with Crippen LogP contribution in [0.3, 0.4) is 0 Å². The molecule has 0 spiro atoms. The Bertz CT molecular complexity index is 581. The van der Waals surface area contributed by atoms with E-state index in [1.807, 2.05) is 37.3 Å². The van der Waals surface area contributed by atoms with Gasteiger partial charge >= 0.3 is 6.18 Å². The van der Waals surface area contributed by atoms with Crippen molar-refractivity contribution >= 4 is 17.3 Å². The van der Waals surface area contributed by atoms with E-state index in [1.165, 1.54) is 12.1 Å². The lowest BCUT2D eigenvalue weighted by atomic mass is 9.93. The summed E-state index contributed by atoms with van der Waals surface area (Å²) in [7, 11) is 0. The van der Waals surface area contributed by atoms with E-state index in [-0.39, 0.29) is 5.88 Å². The molecule has 0 aliphatic heterocycles. The maximum atomic E-state index is 12.5. The van der Waals surface area contributed by atoms with Gasteiger partial charge in [-0.25, -0.2) is 0 Å². The summed E-state index contributed by atoms with van der Waals surface area (Å²) in [6.07, 6.45) is -4.33. The minimum atomic E-state index is -4.33. The zero-order chi connectivity index (χ0) is 15.5. The summed E-state index contributed by atoms with van der Waals surface area (Å²) >= 11 is 6.05. The van der Waals surface area contributed by atoms with Gasteiger partial charge in [-0.2, -0.15) is 13.2 Å². The fourth-order valence-corrected chi connectivity index (χ4v) is 2.27. The first-order chi connectivity index (χ1) is 9.85. The lowest BCUT2D eigenvalue weighted by molar-refractivity contribution is -0.137. The highest BCUT2D eigenvalue weighted by Crippen LogP contribution is 2.32. The summed E-state index contributed by atoms with van der Waals surface area (Å²) in [5, 5.41) is 3.20. The van der Waals surface area contributed by atoms with Crippen LogP contribution in [0.5, 0.6) is 0 Å². The average Bonchev–Trinajstić information content (AvgIpc) is 2.47. The van der Waals surface area contributed by atoms with Crippen LogP contribution in [0.4, 0.5) is 18.9 Å². The van der Waals surface area contributed by atoms with E-state index in [0.717, 1.165) is 17.7 Å². The molecule has 2 aromatic carbocycles. The van der Waals surface area contributed by atoms with Crippen LogP contribution in [0.1, 0.15) is 18.1 Å². The highest BCUT2D eigenvalue weighted by Gasteiger charge is 2.30. The Morgan fingerprint density at radius 2 is 1.48 bits per heavy atom. The van der Waals surface area contributed by atoms with Gasteiger partial charge in [0.2, 0.25) is 0 Å². The summed E-state index contributed by atoms with van der Waals surface area (Å²) in [6, 6.07) is 14.5. The van der Waals surface area contributed by atoms with Gasteiger partial charge in [-0.05, 0) is 36.8 Å². The molecule has 112 valence electrons. The van der Waals surface area contributed by atoms with Crippen molar-refractivity contribution in [1.82, 2.24) is 0 Å². The summed E-state index contributed by atoms with van der Waals surface area (Å²) in [5.41, 5.74) is 0.345. The van der Waals surface area contributed by atoms with E-state index >= 15 is 0 Å². The van der Waals surface area contributed by atoms with Crippen LogP contribution in [0.2, 0.25) is 0 Å². The van der Waals surface area contributed by atoms with Gasteiger partial charge < -0.3 is 5.32 Å². The van der Waals surface area contributed by atoms with E-state index in [2.05, 4.69) is 5.32 Å². The van der Waals surface area contributed by atoms with Crippen LogP contribution < -0.4 is 5.32 Å². The Morgan fingerprint density at radius 1 is 0.905 bits per heavy atom. The molecule has 0 aromatic heterocycles. The predicted molar refractivity (Wildman–Crippen MR) is 79.6 cm³/mol. The summed E-state index contributed by atoms with van der Waals surface area (Å²) < 4.78 is 37.6. The smallest absolute Gasteiger partial charge is 0.375 e. The monoisotopic (exact) mass is 313 g/mol. The van der Waals surface area contributed by atoms with Crippen LogP contribution in [0.25, 0.3) is 0 Å². The number of halogens is 4. The summed E-state index contributed by atoms with van der Waals surface area (Å²) in [6.45, 7) is 1.91. The van der Waals surface area contributed by atoms with Crippen molar-refractivity contribution in [3.8, 4) is 0 Å². The number of benzene rings is 2. The molecule has 0 aliphatic rings. The number of anilines is 1. The Kier molecular flexibility index (Phi) is 4.47. The molecule has 1 nitrogen and oxygen atoms in total. The molecule has 0 radical (unpaired) electrons. The molecule has 2 rings (SSSR count). The van der Waals surface area contributed by atoms with Crippen molar-refractivity contribution in [3.63, 3.8) is 0 Å². The molecule has 21 heavy (non-hydrogen) atoms. The number of alkyl halides is 4. The van der Waals surface area contributed by atoms with E-state index < -0.39 is 17.3 Å². The molecule has 2 aromatic rings. The van der Waals surface area contributed by atoms with Crippen LogP contribution in [0, 0.1) is 0 Å². The molecule has 1 unspecified atom stereocenters. The second-order valence-corrected chi connectivity index (χ2v) is 5.30. The zero-order valence-corrected chi connectivity index (χ0v) is 12.2. The largest absolute Gasteiger partial charge is 0.416 e. The second kappa shape index (κ2) is 5.98. The molecule has 1 N–H and O–H groups in total. The van der Waals surface area contributed by atoms with Crippen molar-refractivity contribution in [2.75, 3.05) is 11.2 Å². The molecular weight excluding hydrogens is 299 g/mol. The first kappa shape index (κ1) is 15.7. The fraction of sp³-hybridized carbons (Fsp3) is 0.250. The van der Waals surface area contributed by atoms with Crippen LogP contribution in [-0.2, 0) is 11.7 Å². The van der Waals surface area contributed by atoms with Gasteiger partial charge in [-0.1, -0.05) is 30.3 Å². The highest BCUT2D eigenvalue weighted by atomic mass is 35.5. The molecule has 0 aliphatic carbocycles. The number of nitrogens with one attached hydrogen (secondary N) is 1. The minimum absolute atomic E-state index is 0.290. The van der Waals surface area contributed by atoms with E-state index in [4.69, 9.17) is 11.6 Å². The van der Waals surface area contributed by atoms with E-state index in [9.17, 15) is 13.2 Å². The van der Waals surface area contributed by atoms with Crippen LogP contribution >= 0.6 is 11.6 Å². The third kappa shape index (κ3) is 3.70. The summed E-state index contributed by atoms with van der Waals surface area (Å²) in [5.74, 6) is 0.290. The van der Waals surface area contributed by atoms with Crippen LogP contribution in [-0.4, -0.2) is 5.88 Å². The molecule has 0 fully saturated rings. The minimum Gasteiger partial charge on any atom is -0.375 e. The van der Waals surface area contributed by atoms with Crippen molar-refractivity contribution in [2.24, 2.45) is 0 Å². The molecule has 0 saturated heterocycles. The zero-order valence-electron chi connectivity index (χ0n) is 11.4. The lowest BCUT2D eigenvalue weighted by Gasteiger charge is -2.30. The third-order valence-corrected chi connectivity index (χ3v) is 3.85. The van der Waals surface area contributed by atoms with Gasteiger partial charge in [-0.15, -0.1) is 11.6 Å². The Balaban J connectivity index is 2.23. The fourth-order valence-electron chi connectivity index (χ4n) is 2.05. The van der Waals surface area contributed by atoms with Gasteiger partial charge in [0, 0.05) is 11.6 Å². The van der Waals surface area contributed by atoms with Crippen molar-refractivity contribution in [2.45, 2.75) is 18.6 Å². The Hall–Kier alpha value is -1.68. The van der Waals surface area contributed by atoms with Gasteiger partial charge in [-0.3, -0.25) is 0 Å². The Labute approximate surface area is 126 Å². The van der Waals surface area contributed by atoms with Crippen LogP contribution in [0.15, 0.2) is 54.6 Å². The van der Waals surface area contributed by atoms with Gasteiger partial charge in [0.15, 0.2) is 0 Å². The van der Waals surface area contributed by atoms with Crippen molar-refractivity contribution < 1.29 is 13.2 Å². The molecule has 0 bridgehead atoms. The summed E-state index contributed by atoms with van der Waals surface area (Å²) in [4.78, 5) is 0. The molecule has 0 saturated carbocycles. The molecule has 0 heterocycles. The number of hydrogen-bond acceptors (Lipinski definition) is 1. The quantitative estimate of drug-likeness (QED) is 0.758. The first-order valence-electron chi connectivity index (χ1n) is 6.42. The normalized spacial score (nSPS) is 14.5. The highest BCUT2D eigenvalue weighted by molar-refractivity contribution is 6.18. The maximum absolute atomic E-state index is 12.5. The van der Waals surface area contributed by atoms with Crippen molar-refractivity contribution in [3.05, 3.63) is 65.7 Å². The molecule has 5 heteroatoms. The second-order valence-electron chi connectivity index (χ2n) is 5.03. The SMILES string of the molecule is CC(CCl)(Nc1ccc(C(F)(F)F)cc1)c1ccccc1. The third-order valence-electron chi connectivity index (χ3n) is 3.31. The van der Waals surface area contributed by atoms with E-state index in [1.54, 1.807) is 0 Å². The Morgan fingerprint density at radius 3 is 1.95 bits per heavy atom. The lowest BCUT2D eigenvalue weighted by Crippen LogP contribution is -2.33. The topological polar surface area (TPSA) is 12.0 Å². The number of rotatable bonds is 4. The van der Waals surface area contributed by atoms with Gasteiger partial charge in [0.05, 0.1) is 11.1 Å². The molecule has 0 amide bonds. The number of hydrogen-bond donors (Lipinski definition) is 1. The van der Waals surface area contributed by atoms with Gasteiger partial charge in [0.25, 0.3) is 0 Å². The predicted octanol–water partition coefficient (Wildman–Crippen LogP) is 5.27. The standard InChI is InChI=1S/C16H15ClF3N/c1-15(11-17,12-5-3-2-4-6-12)21-14-9-7-13(8-10-14)16(18,19)20/h2-10,21H,11H2,1H3. The average molecular weight is 314 g/mol. The maximum Gasteiger partial charge on any atom is 0.416 e. The van der Waals surface area contributed by atoms with Gasteiger partial charge in [0.1, 0.15) is 0 Å². The molecule has 1 atom stereocenters. The van der Waals surface area contributed by atoms with Crippen molar-refractivity contribution in [1.29, 1.82) is 0 Å².